The van der Waals surface area contributed by atoms with Gasteiger partial charge in [0.1, 0.15) is 11.5 Å². The van der Waals surface area contributed by atoms with Crippen molar-refractivity contribution in [3.8, 4) is 0 Å². The number of hydrogen-bond acceptors (Lipinski definition) is 4. The van der Waals surface area contributed by atoms with Gasteiger partial charge < -0.3 is 10.4 Å². The third-order valence-electron chi connectivity index (χ3n) is 2.42. The zero-order chi connectivity index (χ0) is 12.8. The number of nitrogens with one attached hydrogen (secondary N) is 1. The number of aliphatic hydroxyl groups excluding tert-OH is 1. The zero-order valence-electron chi connectivity index (χ0n) is 9.52. The summed E-state index contributed by atoms with van der Waals surface area (Å²) in [6.07, 6.45) is 0.631. The first-order valence-corrected chi connectivity index (χ1v) is 5.40. The van der Waals surface area contributed by atoms with E-state index in [0.29, 0.717) is 19.4 Å². The summed E-state index contributed by atoms with van der Waals surface area (Å²) in [7, 11) is 0. The molecule has 0 aliphatic rings. The first kappa shape index (κ1) is 13.4. The van der Waals surface area contributed by atoms with Gasteiger partial charge in [-0.25, -0.2) is 4.39 Å². The average molecular weight is 242 g/mol. The molecule has 1 aromatic rings. The minimum atomic E-state index is -0.571. The van der Waals surface area contributed by atoms with E-state index in [-0.39, 0.29) is 11.4 Å². The van der Waals surface area contributed by atoms with Crippen molar-refractivity contribution in [2.24, 2.45) is 0 Å². The lowest BCUT2D eigenvalue weighted by Crippen LogP contribution is -2.13. The van der Waals surface area contributed by atoms with Gasteiger partial charge in [-0.2, -0.15) is 0 Å². The van der Waals surface area contributed by atoms with Gasteiger partial charge in [-0.3, -0.25) is 10.1 Å². The molecule has 0 amide bonds. The molecular weight excluding hydrogens is 227 g/mol. The van der Waals surface area contributed by atoms with Gasteiger partial charge in [-0.15, -0.1) is 0 Å². The second-order valence-corrected chi connectivity index (χ2v) is 3.70. The fourth-order valence-corrected chi connectivity index (χ4v) is 1.39. The molecule has 5 nitrogen and oxygen atoms in total. The number of nitro groups is 1. The Labute approximate surface area is 98.4 Å². The molecule has 0 saturated carbocycles. The molecule has 0 radical (unpaired) electrons. The van der Waals surface area contributed by atoms with Crippen molar-refractivity contribution in [3.63, 3.8) is 0 Å². The summed E-state index contributed by atoms with van der Waals surface area (Å²) in [5.41, 5.74) is -0.0318. The van der Waals surface area contributed by atoms with Crippen LogP contribution in [0.4, 0.5) is 15.8 Å². The molecule has 1 rings (SSSR count). The number of hydrogen-bond donors (Lipinski definition) is 2. The molecule has 1 aromatic carbocycles. The van der Waals surface area contributed by atoms with Crippen molar-refractivity contribution in [2.45, 2.75) is 25.9 Å². The number of nitrogens with zero attached hydrogens (tertiary/aromatic N) is 1. The number of halogens is 1. The van der Waals surface area contributed by atoms with Crippen molar-refractivity contribution in [2.75, 3.05) is 11.9 Å². The SMILES string of the molecule is CCC(O)CCNc1cc(F)ccc1[N+](=O)[O-]. The molecule has 0 bridgehead atoms. The maximum absolute atomic E-state index is 13.0. The molecule has 0 heterocycles. The summed E-state index contributed by atoms with van der Waals surface area (Å²) in [4.78, 5) is 10.1. The molecule has 0 fully saturated rings. The highest BCUT2D eigenvalue weighted by Gasteiger charge is 2.14. The number of benzene rings is 1. The van der Waals surface area contributed by atoms with E-state index in [2.05, 4.69) is 5.32 Å². The predicted octanol–water partition coefficient (Wildman–Crippen LogP) is 2.31. The molecule has 0 aliphatic heterocycles. The second-order valence-electron chi connectivity index (χ2n) is 3.70. The molecule has 0 aliphatic carbocycles. The van der Waals surface area contributed by atoms with Gasteiger partial charge in [0.2, 0.25) is 0 Å². The van der Waals surface area contributed by atoms with Crippen LogP contribution in [0.3, 0.4) is 0 Å². The molecular formula is C11H15FN2O3. The average Bonchev–Trinajstić information content (AvgIpc) is 2.28. The van der Waals surface area contributed by atoms with Crippen LogP contribution in [0.5, 0.6) is 0 Å². The Balaban J connectivity index is 2.68. The third-order valence-corrected chi connectivity index (χ3v) is 2.42. The Hall–Kier alpha value is -1.69. The fraction of sp³-hybridized carbons (Fsp3) is 0.455. The minimum Gasteiger partial charge on any atom is -0.393 e. The normalized spacial score (nSPS) is 12.2. The summed E-state index contributed by atoms with van der Waals surface area (Å²) in [6.45, 7) is 2.20. The molecule has 17 heavy (non-hydrogen) atoms. The summed E-state index contributed by atoms with van der Waals surface area (Å²) >= 11 is 0. The van der Waals surface area contributed by atoms with Gasteiger partial charge in [-0.1, -0.05) is 6.92 Å². The minimum absolute atomic E-state index is 0.137. The first-order chi connectivity index (χ1) is 8.04. The van der Waals surface area contributed by atoms with E-state index in [1.807, 2.05) is 6.92 Å². The summed E-state index contributed by atoms with van der Waals surface area (Å²) in [6, 6.07) is 3.24. The Morgan fingerprint density at radius 1 is 1.59 bits per heavy atom. The molecule has 0 saturated heterocycles. The van der Waals surface area contributed by atoms with Gasteiger partial charge in [0.05, 0.1) is 11.0 Å². The monoisotopic (exact) mass is 242 g/mol. The number of aliphatic hydroxyl groups is 1. The van der Waals surface area contributed by atoms with Crippen LogP contribution >= 0.6 is 0 Å². The Morgan fingerprint density at radius 3 is 2.88 bits per heavy atom. The highest BCUT2D eigenvalue weighted by atomic mass is 19.1. The summed E-state index contributed by atoms with van der Waals surface area (Å²) in [5, 5.41) is 22.8. The van der Waals surface area contributed by atoms with Crippen LogP contribution in [-0.4, -0.2) is 22.7 Å². The lowest BCUT2D eigenvalue weighted by atomic mass is 10.2. The van der Waals surface area contributed by atoms with Crippen molar-refractivity contribution in [1.82, 2.24) is 0 Å². The van der Waals surface area contributed by atoms with Crippen LogP contribution in [0.2, 0.25) is 0 Å². The van der Waals surface area contributed by atoms with Gasteiger partial charge in [0.25, 0.3) is 5.69 Å². The van der Waals surface area contributed by atoms with Crippen LogP contribution < -0.4 is 5.32 Å². The van der Waals surface area contributed by atoms with Crippen LogP contribution in [0.15, 0.2) is 18.2 Å². The van der Waals surface area contributed by atoms with E-state index in [1.54, 1.807) is 0 Å². The maximum Gasteiger partial charge on any atom is 0.292 e. The van der Waals surface area contributed by atoms with E-state index in [0.717, 1.165) is 18.2 Å². The number of rotatable bonds is 6. The van der Waals surface area contributed by atoms with Crippen molar-refractivity contribution in [1.29, 1.82) is 0 Å². The zero-order valence-corrected chi connectivity index (χ0v) is 9.52. The quantitative estimate of drug-likeness (QED) is 0.593. The maximum atomic E-state index is 13.0. The number of nitro benzene ring substituents is 1. The topological polar surface area (TPSA) is 75.4 Å². The highest BCUT2D eigenvalue weighted by Crippen LogP contribution is 2.24. The van der Waals surface area contributed by atoms with Crippen molar-refractivity contribution < 1.29 is 14.4 Å². The molecule has 1 atom stereocenters. The standard InChI is InChI=1S/C11H15FN2O3/c1-2-9(15)5-6-13-10-7-8(12)3-4-11(10)14(16)17/h3-4,7,9,13,15H,2,5-6H2,1H3. The summed E-state index contributed by atoms with van der Waals surface area (Å²) < 4.78 is 13.0. The molecule has 0 aromatic heterocycles. The Morgan fingerprint density at radius 2 is 2.29 bits per heavy atom. The van der Waals surface area contributed by atoms with Gasteiger partial charge in [-0.05, 0) is 18.9 Å². The molecule has 1 unspecified atom stereocenters. The van der Waals surface area contributed by atoms with Gasteiger partial charge in [0.15, 0.2) is 0 Å². The number of anilines is 1. The fourth-order valence-electron chi connectivity index (χ4n) is 1.39. The van der Waals surface area contributed by atoms with Gasteiger partial charge in [0, 0.05) is 18.7 Å². The van der Waals surface area contributed by atoms with E-state index >= 15 is 0 Å². The van der Waals surface area contributed by atoms with Gasteiger partial charge >= 0.3 is 0 Å². The smallest absolute Gasteiger partial charge is 0.292 e. The van der Waals surface area contributed by atoms with Crippen molar-refractivity contribution in [3.05, 3.63) is 34.1 Å². The second kappa shape index (κ2) is 6.15. The van der Waals surface area contributed by atoms with Crippen molar-refractivity contribution >= 4 is 11.4 Å². The van der Waals surface area contributed by atoms with E-state index in [9.17, 15) is 19.6 Å². The molecule has 2 N–H and O–H groups in total. The van der Waals surface area contributed by atoms with E-state index in [4.69, 9.17) is 0 Å². The van der Waals surface area contributed by atoms with Crippen LogP contribution in [0.25, 0.3) is 0 Å². The highest BCUT2D eigenvalue weighted by molar-refractivity contribution is 5.61. The van der Waals surface area contributed by atoms with Crippen LogP contribution in [0, 0.1) is 15.9 Å². The Bertz CT molecular complexity index is 398. The van der Waals surface area contributed by atoms with Crippen LogP contribution in [0.1, 0.15) is 19.8 Å². The molecule has 94 valence electrons. The van der Waals surface area contributed by atoms with E-state index in [1.165, 1.54) is 0 Å². The molecule has 0 spiro atoms. The lowest BCUT2D eigenvalue weighted by molar-refractivity contribution is -0.384. The lowest BCUT2D eigenvalue weighted by Gasteiger charge is -2.10. The van der Waals surface area contributed by atoms with E-state index < -0.39 is 16.8 Å². The summed E-state index contributed by atoms with van der Waals surface area (Å²) in [5.74, 6) is -0.533. The Kier molecular flexibility index (Phi) is 4.84. The predicted molar refractivity (Wildman–Crippen MR) is 62.5 cm³/mol. The third kappa shape index (κ3) is 3.99. The molecule has 6 heteroatoms. The van der Waals surface area contributed by atoms with Crippen LogP contribution in [-0.2, 0) is 0 Å². The first-order valence-electron chi connectivity index (χ1n) is 5.40. The largest absolute Gasteiger partial charge is 0.393 e.